The van der Waals surface area contributed by atoms with Crippen LogP contribution in [0.4, 0.5) is 17.1 Å². The van der Waals surface area contributed by atoms with E-state index in [0.717, 1.165) is 51.5 Å². The van der Waals surface area contributed by atoms with E-state index in [9.17, 15) is 9.59 Å². The van der Waals surface area contributed by atoms with E-state index in [-0.39, 0.29) is 0 Å². The van der Waals surface area contributed by atoms with Gasteiger partial charge in [0.1, 0.15) is 11.5 Å². The second-order valence-corrected chi connectivity index (χ2v) is 12.2. The number of ether oxygens (including phenoxy) is 2. The van der Waals surface area contributed by atoms with Gasteiger partial charge in [-0.25, -0.2) is 9.59 Å². The number of carbonyl (C=O) groups excluding carboxylic acids is 2. The summed E-state index contributed by atoms with van der Waals surface area (Å²) in [6.45, 7) is 6.93. The summed E-state index contributed by atoms with van der Waals surface area (Å²) in [6, 6.07) is 51.6. The number of hydrogen-bond donors (Lipinski definition) is 0. The van der Waals surface area contributed by atoms with E-state index in [0.29, 0.717) is 11.5 Å². The van der Waals surface area contributed by atoms with Gasteiger partial charge in [0.2, 0.25) is 0 Å². The Bertz CT molecular complexity index is 2440. The molecule has 244 valence electrons. The zero-order valence-corrected chi connectivity index (χ0v) is 27.6. The number of esters is 2. The molecule has 0 aliphatic heterocycles. The average Bonchev–Trinajstić information content (AvgIpc) is 3.18. The third-order valence-corrected chi connectivity index (χ3v) is 9.14. The topological polar surface area (TPSA) is 55.8 Å². The van der Waals surface area contributed by atoms with E-state index in [1.807, 2.05) is 24.3 Å². The third-order valence-electron chi connectivity index (χ3n) is 9.14. The van der Waals surface area contributed by atoms with E-state index in [1.165, 1.54) is 32.3 Å². The number of hydrogen-bond acceptors (Lipinski definition) is 5. The quantitative estimate of drug-likeness (QED) is 0.0667. The molecule has 0 aliphatic rings. The Hall–Kier alpha value is -6.98. The van der Waals surface area contributed by atoms with Crippen LogP contribution in [0.25, 0.3) is 54.6 Å². The minimum atomic E-state index is -0.489. The molecule has 8 aromatic carbocycles. The molecule has 0 saturated carbocycles. The van der Waals surface area contributed by atoms with Crippen molar-refractivity contribution in [2.24, 2.45) is 0 Å². The molecule has 0 saturated heterocycles. The fourth-order valence-electron chi connectivity index (χ4n) is 6.69. The van der Waals surface area contributed by atoms with Crippen LogP contribution < -0.4 is 14.4 Å². The SMILES string of the molecule is C=CC(=O)Oc1ccc(-c2ccc(N(c3ccc(-c4ccc(OC(=O)C=C)cc4)cc3)c3ccc4ccc5cccc6ccc3c4c56)cc2)cc1. The lowest BCUT2D eigenvalue weighted by atomic mass is 9.93. The highest BCUT2D eigenvalue weighted by Gasteiger charge is 2.19. The largest absolute Gasteiger partial charge is 0.423 e. The summed E-state index contributed by atoms with van der Waals surface area (Å²) in [7, 11) is 0. The first kappa shape index (κ1) is 31.3. The van der Waals surface area contributed by atoms with E-state index in [4.69, 9.17) is 9.47 Å². The van der Waals surface area contributed by atoms with Crippen molar-refractivity contribution in [2.45, 2.75) is 0 Å². The van der Waals surface area contributed by atoms with E-state index < -0.39 is 11.9 Å². The molecule has 0 radical (unpaired) electrons. The van der Waals surface area contributed by atoms with Crippen LogP contribution >= 0.6 is 0 Å². The van der Waals surface area contributed by atoms with E-state index in [1.54, 1.807) is 24.3 Å². The number of carbonyl (C=O) groups is 2. The van der Waals surface area contributed by atoms with E-state index in [2.05, 4.69) is 121 Å². The Morgan fingerprint density at radius 3 is 1.29 bits per heavy atom. The summed E-state index contributed by atoms with van der Waals surface area (Å²) in [6.07, 6.45) is 2.30. The van der Waals surface area contributed by atoms with Gasteiger partial charge in [-0.05, 0) is 104 Å². The first-order chi connectivity index (χ1) is 25.0. The average molecular weight is 662 g/mol. The van der Waals surface area contributed by atoms with Gasteiger partial charge in [-0.15, -0.1) is 0 Å². The van der Waals surface area contributed by atoms with Gasteiger partial charge in [-0.3, -0.25) is 0 Å². The molecule has 0 aliphatic carbocycles. The highest BCUT2D eigenvalue weighted by molar-refractivity contribution is 6.25. The van der Waals surface area contributed by atoms with Crippen molar-refractivity contribution in [2.75, 3.05) is 4.90 Å². The van der Waals surface area contributed by atoms with Crippen molar-refractivity contribution >= 4 is 61.3 Å². The molecule has 0 unspecified atom stereocenters. The third kappa shape index (κ3) is 5.98. The lowest BCUT2D eigenvalue weighted by Crippen LogP contribution is -2.10. The van der Waals surface area contributed by atoms with Crippen molar-refractivity contribution < 1.29 is 19.1 Å². The Morgan fingerprint density at radius 1 is 0.451 bits per heavy atom. The first-order valence-electron chi connectivity index (χ1n) is 16.6. The van der Waals surface area contributed by atoms with Crippen LogP contribution in [0.2, 0.25) is 0 Å². The lowest BCUT2D eigenvalue weighted by Gasteiger charge is -2.28. The molecule has 0 N–H and O–H groups in total. The molecule has 5 heteroatoms. The fourth-order valence-corrected chi connectivity index (χ4v) is 6.69. The van der Waals surface area contributed by atoms with Crippen molar-refractivity contribution in [3.8, 4) is 33.8 Å². The molecule has 0 fully saturated rings. The molecule has 0 bridgehead atoms. The van der Waals surface area contributed by atoms with Crippen LogP contribution in [0.15, 0.2) is 177 Å². The van der Waals surface area contributed by atoms with Crippen molar-refractivity contribution in [1.29, 1.82) is 0 Å². The van der Waals surface area contributed by atoms with Gasteiger partial charge in [0.15, 0.2) is 0 Å². The molecule has 8 rings (SSSR count). The van der Waals surface area contributed by atoms with Gasteiger partial charge in [-0.1, -0.05) is 110 Å². The van der Waals surface area contributed by atoms with Gasteiger partial charge >= 0.3 is 11.9 Å². The maximum Gasteiger partial charge on any atom is 0.335 e. The van der Waals surface area contributed by atoms with Crippen molar-refractivity contribution in [3.05, 3.63) is 177 Å². The molecule has 0 heterocycles. The maximum absolute atomic E-state index is 11.6. The van der Waals surface area contributed by atoms with Gasteiger partial charge in [0.05, 0.1) is 5.69 Å². The van der Waals surface area contributed by atoms with Crippen molar-refractivity contribution in [1.82, 2.24) is 0 Å². The lowest BCUT2D eigenvalue weighted by molar-refractivity contribution is -0.129. The second-order valence-electron chi connectivity index (χ2n) is 12.2. The van der Waals surface area contributed by atoms with Crippen LogP contribution in [0.5, 0.6) is 11.5 Å². The Morgan fingerprint density at radius 2 is 0.843 bits per heavy atom. The zero-order chi connectivity index (χ0) is 34.9. The number of anilines is 3. The molecule has 51 heavy (non-hydrogen) atoms. The summed E-state index contributed by atoms with van der Waals surface area (Å²) in [4.78, 5) is 25.6. The Labute approximate surface area is 295 Å². The van der Waals surface area contributed by atoms with Gasteiger partial charge in [0.25, 0.3) is 0 Å². The van der Waals surface area contributed by atoms with Gasteiger partial charge in [-0.2, -0.15) is 0 Å². The number of rotatable bonds is 9. The monoisotopic (exact) mass is 661 g/mol. The highest BCUT2D eigenvalue weighted by atomic mass is 16.5. The predicted octanol–water partition coefficient (Wildman–Crippen LogP) is 11.6. The molecular formula is C46H31NO4. The second kappa shape index (κ2) is 13.1. The summed E-state index contributed by atoms with van der Waals surface area (Å²) in [5.74, 6) is -0.0418. The molecular weight excluding hydrogens is 631 g/mol. The normalized spacial score (nSPS) is 11.1. The minimum Gasteiger partial charge on any atom is -0.423 e. The molecule has 0 spiro atoms. The smallest absolute Gasteiger partial charge is 0.335 e. The molecule has 8 aromatic rings. The van der Waals surface area contributed by atoms with E-state index >= 15 is 0 Å². The van der Waals surface area contributed by atoms with Crippen LogP contribution in [-0.2, 0) is 9.59 Å². The molecule has 5 nitrogen and oxygen atoms in total. The summed E-state index contributed by atoms with van der Waals surface area (Å²) >= 11 is 0. The Kier molecular flexibility index (Phi) is 8.07. The van der Waals surface area contributed by atoms with Crippen LogP contribution in [0, 0.1) is 0 Å². The molecule has 0 aromatic heterocycles. The maximum atomic E-state index is 11.6. The predicted molar refractivity (Wildman–Crippen MR) is 207 cm³/mol. The fraction of sp³-hybridized carbons (Fsp3) is 0. The zero-order valence-electron chi connectivity index (χ0n) is 27.6. The standard InChI is InChI=1S/C46H31NO4/c1-3-43(48)50-39-24-14-32(15-25-39)30-10-20-37(21-11-30)47(38-22-12-31(13-23-38)33-16-26-40(27-17-33)51-44(49)4-2)42-29-19-36-9-8-34-6-5-7-35-18-28-41(42)46(36)45(34)35/h3-29H,1-2H2. The van der Waals surface area contributed by atoms with Gasteiger partial charge in [0, 0.05) is 28.9 Å². The summed E-state index contributed by atoms with van der Waals surface area (Å²) in [5, 5.41) is 7.32. The first-order valence-corrected chi connectivity index (χ1v) is 16.6. The van der Waals surface area contributed by atoms with Crippen molar-refractivity contribution in [3.63, 3.8) is 0 Å². The summed E-state index contributed by atoms with van der Waals surface area (Å²) in [5.41, 5.74) is 7.16. The minimum absolute atomic E-state index is 0.468. The summed E-state index contributed by atoms with van der Waals surface area (Å²) < 4.78 is 10.5. The molecule has 0 atom stereocenters. The van der Waals surface area contributed by atoms with Crippen LogP contribution in [0.3, 0.4) is 0 Å². The Balaban J connectivity index is 1.20. The number of nitrogens with zero attached hydrogens (tertiary/aromatic N) is 1. The highest BCUT2D eigenvalue weighted by Crippen LogP contribution is 2.44. The molecule has 0 amide bonds. The van der Waals surface area contributed by atoms with Crippen LogP contribution in [-0.4, -0.2) is 11.9 Å². The number of benzene rings is 8. The van der Waals surface area contributed by atoms with Crippen LogP contribution in [0.1, 0.15) is 0 Å². The van der Waals surface area contributed by atoms with Gasteiger partial charge < -0.3 is 14.4 Å².